The molecular weight excluding hydrogens is 316 g/mol. The van der Waals surface area contributed by atoms with Crippen LogP contribution in [0.3, 0.4) is 0 Å². The third-order valence-corrected chi connectivity index (χ3v) is 3.90. The molecule has 0 aliphatic carbocycles. The molecule has 0 aliphatic rings. The van der Waals surface area contributed by atoms with E-state index in [0.717, 1.165) is 11.3 Å². The van der Waals surface area contributed by atoms with Crippen molar-refractivity contribution >= 4 is 17.2 Å². The number of nitrogens with one attached hydrogen (secondary N) is 1. The highest BCUT2D eigenvalue weighted by Crippen LogP contribution is 2.33. The van der Waals surface area contributed by atoms with Crippen molar-refractivity contribution in [3.63, 3.8) is 0 Å². The summed E-state index contributed by atoms with van der Waals surface area (Å²) in [5.41, 5.74) is 9.60. The van der Waals surface area contributed by atoms with E-state index >= 15 is 0 Å². The van der Waals surface area contributed by atoms with Crippen molar-refractivity contribution in [2.45, 2.75) is 13.8 Å². The number of aryl methyl sites for hydroxylation is 2. The molecule has 3 aromatic rings. The summed E-state index contributed by atoms with van der Waals surface area (Å²) in [6.07, 6.45) is 1.41. The number of ether oxygens (including phenoxy) is 2. The summed E-state index contributed by atoms with van der Waals surface area (Å²) >= 11 is 0. The van der Waals surface area contributed by atoms with Crippen molar-refractivity contribution in [2.24, 2.45) is 0 Å². The fraction of sp³-hybridized carbons (Fsp3) is 0.158. The molecule has 0 amide bonds. The normalized spacial score (nSPS) is 10.4. The van der Waals surface area contributed by atoms with E-state index in [2.05, 4.69) is 15.3 Å². The Kier molecular flexibility index (Phi) is 4.70. The van der Waals surface area contributed by atoms with Crippen LogP contribution in [0.1, 0.15) is 11.1 Å². The van der Waals surface area contributed by atoms with E-state index in [9.17, 15) is 0 Å². The molecule has 6 heteroatoms. The van der Waals surface area contributed by atoms with E-state index in [0.29, 0.717) is 28.9 Å². The van der Waals surface area contributed by atoms with Crippen LogP contribution in [0.25, 0.3) is 0 Å². The maximum atomic E-state index is 6.19. The number of nitrogens with zero attached hydrogens (tertiary/aromatic N) is 2. The van der Waals surface area contributed by atoms with E-state index in [4.69, 9.17) is 15.2 Å². The number of rotatable bonds is 5. The van der Waals surface area contributed by atoms with E-state index < -0.39 is 0 Å². The molecule has 2 aromatic carbocycles. The Balaban J connectivity index is 1.88. The van der Waals surface area contributed by atoms with Gasteiger partial charge in [-0.1, -0.05) is 18.2 Å². The summed E-state index contributed by atoms with van der Waals surface area (Å²) < 4.78 is 11.2. The molecule has 25 heavy (non-hydrogen) atoms. The lowest BCUT2D eigenvalue weighted by molar-refractivity contribution is 0.417. The Morgan fingerprint density at radius 3 is 2.56 bits per heavy atom. The number of hydrogen-bond donors (Lipinski definition) is 2. The van der Waals surface area contributed by atoms with Crippen LogP contribution >= 0.6 is 0 Å². The Hall–Kier alpha value is -3.28. The van der Waals surface area contributed by atoms with Gasteiger partial charge >= 0.3 is 0 Å². The van der Waals surface area contributed by atoms with E-state index in [1.165, 1.54) is 11.9 Å². The first kappa shape index (κ1) is 16.6. The number of anilines is 3. The smallest absolute Gasteiger partial charge is 0.248 e. The average Bonchev–Trinajstić information content (AvgIpc) is 2.62. The van der Waals surface area contributed by atoms with Crippen LogP contribution in [0.15, 0.2) is 48.8 Å². The zero-order chi connectivity index (χ0) is 17.8. The summed E-state index contributed by atoms with van der Waals surface area (Å²) in [5.74, 6) is 2.13. The third-order valence-electron chi connectivity index (χ3n) is 3.90. The van der Waals surface area contributed by atoms with Crippen LogP contribution in [0.5, 0.6) is 17.4 Å². The van der Waals surface area contributed by atoms with E-state index in [-0.39, 0.29) is 0 Å². The quantitative estimate of drug-likeness (QED) is 0.726. The summed E-state index contributed by atoms with van der Waals surface area (Å²) in [4.78, 5) is 8.34. The summed E-state index contributed by atoms with van der Waals surface area (Å²) in [5, 5.41) is 3.16. The summed E-state index contributed by atoms with van der Waals surface area (Å²) in [6, 6.07) is 13.4. The first-order valence-corrected chi connectivity index (χ1v) is 7.84. The number of benzene rings is 2. The largest absolute Gasteiger partial charge is 0.495 e. The van der Waals surface area contributed by atoms with Gasteiger partial charge in [0, 0.05) is 0 Å². The van der Waals surface area contributed by atoms with Crippen molar-refractivity contribution in [3.8, 4) is 17.4 Å². The Labute approximate surface area is 146 Å². The topological polar surface area (TPSA) is 82.3 Å². The fourth-order valence-corrected chi connectivity index (χ4v) is 2.32. The van der Waals surface area contributed by atoms with Crippen LogP contribution in [-0.4, -0.2) is 17.1 Å². The first-order valence-electron chi connectivity index (χ1n) is 7.84. The molecule has 6 nitrogen and oxygen atoms in total. The molecule has 0 fully saturated rings. The molecule has 0 bridgehead atoms. The second-order valence-electron chi connectivity index (χ2n) is 5.61. The van der Waals surface area contributed by atoms with Gasteiger partial charge in [0.05, 0.1) is 12.8 Å². The highest BCUT2D eigenvalue weighted by atomic mass is 16.5. The van der Waals surface area contributed by atoms with E-state index in [1.807, 2.05) is 56.3 Å². The molecule has 0 saturated carbocycles. The van der Waals surface area contributed by atoms with Crippen LogP contribution < -0.4 is 20.5 Å². The molecular formula is C19H20N4O2. The van der Waals surface area contributed by atoms with Gasteiger partial charge in [0.15, 0.2) is 5.82 Å². The molecule has 0 saturated heterocycles. The van der Waals surface area contributed by atoms with Gasteiger partial charge < -0.3 is 20.5 Å². The van der Waals surface area contributed by atoms with Gasteiger partial charge in [-0.25, -0.2) is 4.98 Å². The lowest BCUT2D eigenvalue weighted by Gasteiger charge is -2.14. The molecule has 1 heterocycles. The van der Waals surface area contributed by atoms with Crippen LogP contribution in [-0.2, 0) is 0 Å². The van der Waals surface area contributed by atoms with Crippen LogP contribution in [0, 0.1) is 13.8 Å². The SMILES string of the molecule is COc1ccccc1Nc1ncnc(Oc2ccc(C)c(C)c2)c1N. The predicted octanol–water partition coefficient (Wildman–Crippen LogP) is 4.22. The second kappa shape index (κ2) is 7.09. The molecule has 0 atom stereocenters. The molecule has 0 spiro atoms. The van der Waals surface area contributed by atoms with Gasteiger partial charge in [0.1, 0.15) is 23.5 Å². The number of methoxy groups -OCH3 is 1. The highest BCUT2D eigenvalue weighted by molar-refractivity contribution is 5.74. The monoisotopic (exact) mass is 336 g/mol. The maximum absolute atomic E-state index is 6.19. The van der Waals surface area contributed by atoms with Crippen molar-refractivity contribution in [3.05, 3.63) is 59.9 Å². The minimum atomic E-state index is 0.302. The number of nitrogens with two attached hydrogens (primary N) is 1. The zero-order valence-corrected chi connectivity index (χ0v) is 14.4. The molecule has 0 unspecified atom stereocenters. The number of nitrogen functional groups attached to an aromatic ring is 1. The van der Waals surface area contributed by atoms with Crippen LogP contribution in [0.4, 0.5) is 17.2 Å². The Morgan fingerprint density at radius 2 is 1.80 bits per heavy atom. The predicted molar refractivity (Wildman–Crippen MR) is 98.7 cm³/mol. The van der Waals surface area contributed by atoms with Gasteiger partial charge in [-0.3, -0.25) is 0 Å². The Morgan fingerprint density at radius 1 is 1.00 bits per heavy atom. The molecule has 0 aliphatic heterocycles. The first-order chi connectivity index (χ1) is 12.1. The standard InChI is InChI=1S/C19H20N4O2/c1-12-8-9-14(10-13(12)2)25-19-17(20)18(21-11-22-19)23-15-6-4-5-7-16(15)24-3/h4-11H,20H2,1-3H3,(H,21,22,23). The summed E-state index contributed by atoms with van der Waals surface area (Å²) in [7, 11) is 1.61. The Bertz CT molecular complexity index is 896. The summed E-state index contributed by atoms with van der Waals surface area (Å²) in [6.45, 7) is 4.08. The number of hydrogen-bond acceptors (Lipinski definition) is 6. The van der Waals surface area contributed by atoms with Crippen molar-refractivity contribution < 1.29 is 9.47 Å². The van der Waals surface area contributed by atoms with E-state index in [1.54, 1.807) is 7.11 Å². The average molecular weight is 336 g/mol. The number of aromatic nitrogens is 2. The number of para-hydroxylation sites is 2. The van der Waals surface area contributed by atoms with Crippen molar-refractivity contribution in [1.29, 1.82) is 0 Å². The lowest BCUT2D eigenvalue weighted by atomic mass is 10.1. The van der Waals surface area contributed by atoms with Crippen LogP contribution in [0.2, 0.25) is 0 Å². The molecule has 3 N–H and O–H groups in total. The molecule has 3 rings (SSSR count). The van der Waals surface area contributed by atoms with Gasteiger partial charge in [0.2, 0.25) is 5.88 Å². The molecule has 1 aromatic heterocycles. The fourth-order valence-electron chi connectivity index (χ4n) is 2.32. The maximum Gasteiger partial charge on any atom is 0.248 e. The molecule has 128 valence electrons. The minimum absolute atomic E-state index is 0.302. The van der Waals surface area contributed by atoms with Gasteiger partial charge in [-0.05, 0) is 49.2 Å². The van der Waals surface area contributed by atoms with Crippen molar-refractivity contribution in [1.82, 2.24) is 9.97 Å². The third kappa shape index (κ3) is 3.63. The minimum Gasteiger partial charge on any atom is -0.495 e. The molecule has 0 radical (unpaired) electrons. The highest BCUT2D eigenvalue weighted by Gasteiger charge is 2.12. The zero-order valence-electron chi connectivity index (χ0n) is 14.4. The van der Waals surface area contributed by atoms with Gasteiger partial charge in [-0.15, -0.1) is 0 Å². The van der Waals surface area contributed by atoms with Crippen molar-refractivity contribution in [2.75, 3.05) is 18.2 Å². The van der Waals surface area contributed by atoms with Gasteiger partial charge in [0.25, 0.3) is 0 Å². The second-order valence-corrected chi connectivity index (χ2v) is 5.61. The van der Waals surface area contributed by atoms with Gasteiger partial charge in [-0.2, -0.15) is 4.98 Å². The lowest BCUT2D eigenvalue weighted by Crippen LogP contribution is -2.04.